The molecule has 1 aliphatic heterocycles. The van der Waals surface area contributed by atoms with Crippen LogP contribution in [-0.2, 0) is 30.0 Å². The number of thiol groups is 1. The minimum Gasteiger partial charge on any atom is -0.476 e. The molecule has 1 atom stereocenters. The van der Waals surface area contributed by atoms with Crippen molar-refractivity contribution in [2.45, 2.75) is 51.5 Å². The van der Waals surface area contributed by atoms with Crippen LogP contribution in [0.25, 0.3) is 0 Å². The van der Waals surface area contributed by atoms with Crippen LogP contribution in [0.2, 0.25) is 0 Å². The van der Waals surface area contributed by atoms with E-state index >= 15 is 0 Å². The average Bonchev–Trinajstić information content (AvgIpc) is 3.28. The maximum Gasteiger partial charge on any atom is 0.523 e. The van der Waals surface area contributed by atoms with Gasteiger partial charge in [0.15, 0.2) is 0 Å². The van der Waals surface area contributed by atoms with E-state index in [0.717, 1.165) is 40.1 Å². The number of urea groups is 1. The maximum atomic E-state index is 12.9. The second-order valence-electron chi connectivity index (χ2n) is 8.24. The second-order valence-corrected chi connectivity index (χ2v) is 9.70. The molecule has 0 spiro atoms. The van der Waals surface area contributed by atoms with Crippen LogP contribution in [0.3, 0.4) is 0 Å². The smallest absolute Gasteiger partial charge is 0.476 e. The quantitative estimate of drug-likeness (QED) is 0.234. The van der Waals surface area contributed by atoms with Crippen molar-refractivity contribution in [3.05, 3.63) is 35.0 Å². The van der Waals surface area contributed by atoms with Gasteiger partial charge in [-0.15, -0.1) is 0 Å². The van der Waals surface area contributed by atoms with Crippen LogP contribution >= 0.6 is 0 Å². The van der Waals surface area contributed by atoms with Gasteiger partial charge in [-0.3, -0.25) is 0 Å². The van der Waals surface area contributed by atoms with Gasteiger partial charge in [0.25, 0.3) is 0 Å². The summed E-state index contributed by atoms with van der Waals surface area (Å²) in [7, 11) is -2.36. The summed E-state index contributed by atoms with van der Waals surface area (Å²) in [6.07, 6.45) is 4.46. The van der Waals surface area contributed by atoms with Gasteiger partial charge in [-0.1, -0.05) is 30.0 Å². The highest BCUT2D eigenvalue weighted by atomic mass is 32.2. The van der Waals surface area contributed by atoms with Crippen LogP contribution in [-0.4, -0.2) is 30.7 Å². The van der Waals surface area contributed by atoms with E-state index < -0.39 is 16.6 Å². The zero-order valence-electron chi connectivity index (χ0n) is 16.4. The Hall–Kier alpha value is -2.39. The molecular weight excluding hydrogens is 378 g/mol. The lowest BCUT2D eigenvalue weighted by Gasteiger charge is -2.30. The number of hydrogen-bond donors (Lipinski definition) is 3. The van der Waals surface area contributed by atoms with Crippen LogP contribution in [0, 0.1) is 12.3 Å². The first-order valence-electron chi connectivity index (χ1n) is 9.40. The van der Waals surface area contributed by atoms with Crippen molar-refractivity contribution in [3.63, 3.8) is 0 Å². The Labute approximate surface area is 165 Å². The normalized spacial score (nSPS) is 18.6. The summed E-state index contributed by atoms with van der Waals surface area (Å²) in [5.74, 6) is 6.34. The summed E-state index contributed by atoms with van der Waals surface area (Å²) in [4.78, 5) is 13.0. The molecule has 1 aliphatic carbocycles. The first kappa shape index (κ1) is 18.9. The molecule has 0 radical (unpaired) electrons. The van der Waals surface area contributed by atoms with Crippen LogP contribution in [0.1, 0.15) is 37.0 Å². The van der Waals surface area contributed by atoms with E-state index in [1.807, 2.05) is 13.0 Å². The molecule has 2 heterocycles. The lowest BCUT2D eigenvalue weighted by atomic mass is 9.94. The minimum absolute atomic E-state index is 0.0626. The number of nitrogens with two attached hydrogens (primary N) is 1. The number of benzene rings is 1. The van der Waals surface area contributed by atoms with Gasteiger partial charge < -0.3 is 4.74 Å². The van der Waals surface area contributed by atoms with Gasteiger partial charge >= 0.3 is 6.03 Å². The predicted molar refractivity (Wildman–Crippen MR) is 106 cm³/mol. The molecule has 1 unspecified atom stereocenters. The van der Waals surface area contributed by atoms with Gasteiger partial charge in [-0.2, -0.15) is 15.7 Å². The van der Waals surface area contributed by atoms with Crippen LogP contribution in [0.5, 0.6) is 5.88 Å². The number of anilines is 1. The van der Waals surface area contributed by atoms with Crippen LogP contribution in [0.15, 0.2) is 23.2 Å². The monoisotopic (exact) mass is 404 g/mol. The summed E-state index contributed by atoms with van der Waals surface area (Å²) in [5, 5.41) is 7.11. The molecule has 9 heteroatoms. The number of nitrogens with zero attached hydrogens (tertiary/aromatic N) is 3. The summed E-state index contributed by atoms with van der Waals surface area (Å²) in [6, 6.07) is 3.48. The van der Waals surface area contributed by atoms with Crippen molar-refractivity contribution >= 4 is 22.3 Å². The molecule has 2 amide bonds. The largest absolute Gasteiger partial charge is 0.523 e. The van der Waals surface area contributed by atoms with Crippen molar-refractivity contribution in [1.29, 1.82) is 0 Å². The summed E-state index contributed by atoms with van der Waals surface area (Å²) in [5.41, 5.74) is 4.06. The highest BCUT2D eigenvalue weighted by Crippen LogP contribution is 2.33. The molecule has 1 aromatic heterocycles. The molecule has 0 saturated heterocycles. The Morgan fingerprint density at radius 2 is 2.18 bits per heavy atom. The van der Waals surface area contributed by atoms with Crippen molar-refractivity contribution in [2.24, 2.45) is 11.3 Å². The van der Waals surface area contributed by atoms with E-state index in [0.29, 0.717) is 23.9 Å². The Morgan fingerprint density at radius 1 is 1.39 bits per heavy atom. The second kappa shape index (κ2) is 6.89. The zero-order chi connectivity index (χ0) is 20.1. The molecule has 4 rings (SSSR count). The van der Waals surface area contributed by atoms with Crippen LogP contribution < -0.4 is 15.9 Å². The molecule has 8 nitrogen and oxygen atoms in total. The van der Waals surface area contributed by atoms with Gasteiger partial charge in [0, 0.05) is 11.0 Å². The number of carbonyl (C=O) groups excluding carboxylic acids is 1. The number of rotatable bonds is 2. The highest BCUT2D eigenvalue weighted by molar-refractivity contribution is 7.72. The Bertz CT molecular complexity index is 1050. The summed E-state index contributed by atoms with van der Waals surface area (Å²) >= 11 is 0. The molecule has 2 aliphatic rings. The number of carbonyl (C=O) groups is 1. The maximum absolute atomic E-state index is 12.9. The highest BCUT2D eigenvalue weighted by Gasteiger charge is 2.31. The number of ether oxygens (including phenoxy) is 1. The average molecular weight is 405 g/mol. The number of amides is 2. The van der Waals surface area contributed by atoms with Gasteiger partial charge in [0.2, 0.25) is 5.88 Å². The fraction of sp³-hybridized carbons (Fsp3) is 0.474. The lowest BCUT2D eigenvalue weighted by Crippen LogP contribution is -2.34. The summed E-state index contributed by atoms with van der Waals surface area (Å²) < 4.78 is 21.1. The Kier molecular flexibility index (Phi) is 4.67. The first-order chi connectivity index (χ1) is 13.3. The van der Waals surface area contributed by atoms with Gasteiger partial charge in [0.1, 0.15) is 21.2 Å². The van der Waals surface area contributed by atoms with Crippen molar-refractivity contribution < 1.29 is 17.8 Å². The first-order valence-corrected chi connectivity index (χ1v) is 10.6. The molecular formula is C19H26N5O3S+. The topological polar surface area (TPSA) is 102 Å². The molecule has 3 N–H and O–H groups in total. The number of hydrazine groups is 1. The summed E-state index contributed by atoms with van der Waals surface area (Å²) in [6.45, 7) is 7.22. The van der Waals surface area contributed by atoms with Gasteiger partial charge in [-0.25, -0.2) is 14.2 Å². The molecule has 28 heavy (non-hydrogen) atoms. The van der Waals surface area contributed by atoms with Gasteiger partial charge in [-0.05, 0) is 37.3 Å². The number of hydrogen-bond acceptors (Lipinski definition) is 4. The minimum atomic E-state index is -2.36. The number of nitrogens with one attached hydrogen (secondary N) is 1. The van der Waals surface area contributed by atoms with E-state index in [9.17, 15) is 9.00 Å². The van der Waals surface area contributed by atoms with Crippen molar-refractivity contribution in [3.8, 4) is 5.88 Å². The predicted octanol–water partition coefficient (Wildman–Crippen LogP) is 2.24. The van der Waals surface area contributed by atoms with Crippen molar-refractivity contribution in [1.82, 2.24) is 9.78 Å². The molecule has 0 bridgehead atoms. The third-order valence-electron chi connectivity index (χ3n) is 5.28. The number of aryl methyl sites for hydroxylation is 2. The molecule has 0 saturated carbocycles. The molecule has 2 aromatic rings. The van der Waals surface area contributed by atoms with Gasteiger partial charge in [0.05, 0.1) is 19.3 Å². The third-order valence-corrected chi connectivity index (χ3v) is 6.58. The lowest BCUT2D eigenvalue weighted by molar-refractivity contribution is -0.409. The van der Waals surface area contributed by atoms with Crippen molar-refractivity contribution in [2.75, 3.05) is 11.9 Å². The fourth-order valence-electron chi connectivity index (χ4n) is 3.79. The van der Waals surface area contributed by atoms with E-state index in [4.69, 9.17) is 10.6 Å². The fourth-order valence-corrected chi connectivity index (χ4v) is 4.73. The zero-order valence-corrected chi connectivity index (χ0v) is 17.3. The SMILES string of the molecule is Cc1ccc2c(c1NC(=O)[N+](N)=[SH](=O)c1cnn3c1OCC(C)(C)C3)CCC2. The third kappa shape index (κ3) is 3.29. The van der Waals surface area contributed by atoms with E-state index in [-0.39, 0.29) is 5.41 Å². The number of aromatic nitrogens is 2. The molecule has 1 aromatic carbocycles. The molecule has 150 valence electrons. The standard InChI is InChI=1S/C19H25N5O3S/c1-12-7-8-13-5-4-6-14(13)16(12)22-18(25)24(20)28(26)15-9-21-23-10-19(2,3)11-27-17(15)23/h7-9,28H,4-6,10-11,20H2,1-3H3/p+1. The van der Waals surface area contributed by atoms with E-state index in [1.54, 1.807) is 4.68 Å². The van der Waals surface area contributed by atoms with Crippen LogP contribution in [0.4, 0.5) is 10.5 Å². The van der Waals surface area contributed by atoms with E-state index in [1.165, 1.54) is 11.8 Å². The Morgan fingerprint density at radius 3 is 2.96 bits per heavy atom. The Balaban J connectivity index is 1.63. The molecule has 0 fully saturated rings. The number of fused-ring (bicyclic) bond motifs is 2. The van der Waals surface area contributed by atoms with E-state index in [2.05, 4.69) is 30.3 Å².